The highest BCUT2D eigenvalue weighted by Crippen LogP contribution is 2.53. The fourth-order valence-electron chi connectivity index (χ4n) is 4.73. The number of nitrogens with one attached hydrogen (secondary N) is 1. The van der Waals surface area contributed by atoms with Gasteiger partial charge < -0.3 is 5.32 Å². The molecule has 0 heterocycles. The number of carbonyl (C=O) groups is 1. The third kappa shape index (κ3) is 2.24. The Hall–Kier alpha value is -0.370. The van der Waals surface area contributed by atoms with Crippen molar-refractivity contribution in [2.24, 2.45) is 29.1 Å². The van der Waals surface area contributed by atoms with Gasteiger partial charge in [0.05, 0.1) is 6.54 Å². The lowest BCUT2D eigenvalue weighted by molar-refractivity contribution is -0.126. The first-order valence-electron chi connectivity index (χ1n) is 7.70. The van der Waals surface area contributed by atoms with Gasteiger partial charge in [0.1, 0.15) is 0 Å². The quantitative estimate of drug-likeness (QED) is 0.833. The molecule has 0 amide bonds. The van der Waals surface area contributed by atoms with Gasteiger partial charge in [0.15, 0.2) is 5.78 Å². The van der Waals surface area contributed by atoms with Crippen LogP contribution in [0.1, 0.15) is 52.9 Å². The summed E-state index contributed by atoms with van der Waals surface area (Å²) in [5, 5.41) is 3.62. The molecule has 2 heteroatoms. The van der Waals surface area contributed by atoms with Crippen LogP contribution in [0.4, 0.5) is 0 Å². The predicted molar refractivity (Wildman–Crippen MR) is 73.3 cm³/mol. The highest BCUT2D eigenvalue weighted by atomic mass is 16.1. The van der Waals surface area contributed by atoms with E-state index in [1.54, 1.807) is 0 Å². The van der Waals surface area contributed by atoms with E-state index in [-0.39, 0.29) is 5.41 Å². The van der Waals surface area contributed by atoms with Gasteiger partial charge in [0.2, 0.25) is 0 Å². The van der Waals surface area contributed by atoms with E-state index < -0.39 is 0 Å². The molecular weight excluding hydrogens is 222 g/mol. The zero-order chi connectivity index (χ0) is 12.9. The van der Waals surface area contributed by atoms with Gasteiger partial charge in [-0.15, -0.1) is 0 Å². The molecule has 0 spiro atoms. The molecule has 0 aliphatic heterocycles. The zero-order valence-corrected chi connectivity index (χ0v) is 12.0. The lowest BCUT2D eigenvalue weighted by Crippen LogP contribution is -2.55. The van der Waals surface area contributed by atoms with Crippen LogP contribution in [0.25, 0.3) is 0 Å². The van der Waals surface area contributed by atoms with Gasteiger partial charge in [-0.25, -0.2) is 0 Å². The summed E-state index contributed by atoms with van der Waals surface area (Å²) < 4.78 is 0. The maximum Gasteiger partial charge on any atom is 0.151 e. The molecule has 0 aromatic heterocycles. The van der Waals surface area contributed by atoms with Gasteiger partial charge in [-0.05, 0) is 55.8 Å². The van der Waals surface area contributed by atoms with Crippen molar-refractivity contribution in [1.82, 2.24) is 5.32 Å². The summed E-state index contributed by atoms with van der Waals surface area (Å²) in [7, 11) is 0. The minimum Gasteiger partial charge on any atom is -0.307 e. The number of hydrogen-bond donors (Lipinski definition) is 1. The maximum atomic E-state index is 12.0. The molecule has 18 heavy (non-hydrogen) atoms. The van der Waals surface area contributed by atoms with E-state index in [2.05, 4.69) is 5.32 Å². The van der Waals surface area contributed by atoms with Gasteiger partial charge in [-0.3, -0.25) is 4.79 Å². The largest absolute Gasteiger partial charge is 0.307 e. The average Bonchev–Trinajstić information content (AvgIpc) is 2.25. The van der Waals surface area contributed by atoms with Crippen LogP contribution in [0.15, 0.2) is 0 Å². The third-order valence-corrected chi connectivity index (χ3v) is 5.56. The first-order chi connectivity index (χ1) is 8.43. The molecule has 0 aromatic rings. The molecule has 4 saturated carbocycles. The fraction of sp³-hybridized carbons (Fsp3) is 0.938. The molecule has 4 aliphatic carbocycles. The third-order valence-electron chi connectivity index (χ3n) is 5.56. The standard InChI is InChI=1S/C16H27NO/c1-16(2,3)14(18)9-17-15-12-5-10-4-11(7-12)8-13(15)6-10/h10-13,15,17H,4-9H2,1-3H3. The Labute approximate surface area is 111 Å². The molecule has 0 saturated heterocycles. The monoisotopic (exact) mass is 249 g/mol. The summed E-state index contributed by atoms with van der Waals surface area (Å²) in [6.45, 7) is 6.65. The Balaban J connectivity index is 1.59. The van der Waals surface area contributed by atoms with Crippen LogP contribution in [0.3, 0.4) is 0 Å². The summed E-state index contributed by atoms with van der Waals surface area (Å²) in [6.07, 6.45) is 7.20. The van der Waals surface area contributed by atoms with E-state index in [1.807, 2.05) is 20.8 Å². The molecule has 2 nitrogen and oxygen atoms in total. The van der Waals surface area contributed by atoms with E-state index in [0.717, 1.165) is 23.7 Å². The second-order valence-electron chi connectivity index (χ2n) is 8.01. The number of hydrogen-bond acceptors (Lipinski definition) is 2. The van der Waals surface area contributed by atoms with E-state index >= 15 is 0 Å². The minimum absolute atomic E-state index is 0.196. The highest BCUT2D eigenvalue weighted by molar-refractivity contribution is 5.85. The van der Waals surface area contributed by atoms with Crippen molar-refractivity contribution in [3.8, 4) is 0 Å². The number of carbonyl (C=O) groups excluding carboxylic acids is 1. The molecule has 0 unspecified atom stereocenters. The summed E-state index contributed by atoms with van der Waals surface area (Å²) in [6, 6.07) is 0.643. The second kappa shape index (κ2) is 4.33. The number of rotatable bonds is 3. The van der Waals surface area contributed by atoms with Crippen LogP contribution >= 0.6 is 0 Å². The topological polar surface area (TPSA) is 29.1 Å². The van der Waals surface area contributed by atoms with Gasteiger partial charge in [-0.2, -0.15) is 0 Å². The Bertz CT molecular complexity index is 313. The van der Waals surface area contributed by atoms with Crippen LogP contribution in [0.2, 0.25) is 0 Å². The van der Waals surface area contributed by atoms with Crippen LogP contribution in [0.5, 0.6) is 0 Å². The second-order valence-corrected chi connectivity index (χ2v) is 8.01. The van der Waals surface area contributed by atoms with Crippen molar-refractivity contribution in [2.45, 2.75) is 58.9 Å². The Morgan fingerprint density at radius 3 is 1.94 bits per heavy atom. The number of ketones is 1. The van der Waals surface area contributed by atoms with Crippen molar-refractivity contribution in [2.75, 3.05) is 6.54 Å². The van der Waals surface area contributed by atoms with Crippen LogP contribution in [-0.4, -0.2) is 18.4 Å². The Kier molecular flexibility index (Phi) is 3.04. The van der Waals surface area contributed by atoms with E-state index in [9.17, 15) is 4.79 Å². The fourth-order valence-corrected chi connectivity index (χ4v) is 4.73. The SMILES string of the molecule is CC(C)(C)C(=O)CNC1C2CC3CC(C2)CC1C3. The molecule has 4 rings (SSSR count). The molecule has 1 N–H and O–H groups in total. The lowest BCUT2D eigenvalue weighted by atomic mass is 9.54. The normalized spacial score (nSPS) is 42.3. The van der Waals surface area contributed by atoms with Gasteiger partial charge >= 0.3 is 0 Å². The average molecular weight is 249 g/mol. The van der Waals surface area contributed by atoms with Crippen LogP contribution in [-0.2, 0) is 4.79 Å². The summed E-state index contributed by atoms with van der Waals surface area (Å²) >= 11 is 0. The van der Waals surface area contributed by atoms with E-state index in [0.29, 0.717) is 18.4 Å². The minimum atomic E-state index is -0.196. The van der Waals surface area contributed by atoms with E-state index in [1.165, 1.54) is 32.1 Å². The zero-order valence-electron chi connectivity index (χ0n) is 12.0. The van der Waals surface area contributed by atoms with Crippen molar-refractivity contribution < 1.29 is 4.79 Å². The number of Topliss-reactive ketones (excluding diaryl/α,β-unsaturated/α-hetero) is 1. The Morgan fingerprint density at radius 1 is 1.00 bits per heavy atom. The van der Waals surface area contributed by atoms with Crippen LogP contribution < -0.4 is 5.32 Å². The molecule has 4 bridgehead atoms. The smallest absolute Gasteiger partial charge is 0.151 e. The molecule has 102 valence electrons. The first-order valence-corrected chi connectivity index (χ1v) is 7.70. The van der Waals surface area contributed by atoms with Gasteiger partial charge in [-0.1, -0.05) is 20.8 Å². The van der Waals surface area contributed by atoms with Crippen molar-refractivity contribution in [3.05, 3.63) is 0 Å². The Morgan fingerprint density at radius 2 is 1.50 bits per heavy atom. The lowest BCUT2D eigenvalue weighted by Gasteiger charge is -2.54. The molecule has 4 fully saturated rings. The highest BCUT2D eigenvalue weighted by Gasteiger charge is 2.48. The predicted octanol–water partition coefficient (Wildman–Crippen LogP) is 3.02. The van der Waals surface area contributed by atoms with E-state index in [4.69, 9.17) is 0 Å². The molecular formula is C16H27NO. The van der Waals surface area contributed by atoms with Crippen molar-refractivity contribution >= 4 is 5.78 Å². The summed E-state index contributed by atoms with van der Waals surface area (Å²) in [5.41, 5.74) is -0.196. The molecule has 0 atom stereocenters. The molecule has 4 aliphatic rings. The maximum absolute atomic E-state index is 12.0. The van der Waals surface area contributed by atoms with Gasteiger partial charge in [0, 0.05) is 11.5 Å². The van der Waals surface area contributed by atoms with Crippen molar-refractivity contribution in [1.29, 1.82) is 0 Å². The first kappa shape index (κ1) is 12.7. The molecule has 0 aromatic carbocycles. The summed E-state index contributed by atoms with van der Waals surface area (Å²) in [5.74, 6) is 4.13. The molecule has 0 radical (unpaired) electrons. The van der Waals surface area contributed by atoms with Crippen LogP contribution in [0, 0.1) is 29.1 Å². The van der Waals surface area contributed by atoms with Crippen molar-refractivity contribution in [3.63, 3.8) is 0 Å². The van der Waals surface area contributed by atoms with Gasteiger partial charge in [0.25, 0.3) is 0 Å². The summed E-state index contributed by atoms with van der Waals surface area (Å²) in [4.78, 5) is 12.0.